The molecular weight excluding hydrogens is 504 g/mol. The van der Waals surface area contributed by atoms with Gasteiger partial charge in [0, 0.05) is 46.8 Å². The van der Waals surface area contributed by atoms with Crippen LogP contribution in [0.15, 0.2) is 22.8 Å². The van der Waals surface area contributed by atoms with Crippen molar-refractivity contribution in [3.05, 3.63) is 22.8 Å². The van der Waals surface area contributed by atoms with Crippen LogP contribution >= 0.6 is 0 Å². The first-order chi connectivity index (χ1) is 17.9. The molecule has 4 rings (SSSR count). The smallest absolute Gasteiger partial charge is 0.330 e. The second kappa shape index (κ2) is 9.28. The first-order valence-electron chi connectivity index (χ1n) is 13.7. The molecule has 39 heavy (non-hydrogen) atoms. The minimum absolute atomic E-state index is 0.0151. The summed E-state index contributed by atoms with van der Waals surface area (Å²) in [5.41, 5.74) is -4.80. The van der Waals surface area contributed by atoms with Gasteiger partial charge in [0.1, 0.15) is 17.7 Å². The van der Waals surface area contributed by atoms with Gasteiger partial charge in [0.25, 0.3) is 0 Å². The molecule has 4 aliphatic carbocycles. The van der Waals surface area contributed by atoms with E-state index in [4.69, 9.17) is 5.11 Å². The van der Waals surface area contributed by atoms with Crippen LogP contribution in [0.5, 0.6) is 0 Å². The Hall–Kier alpha value is -2.49. The highest BCUT2D eigenvalue weighted by Crippen LogP contribution is 2.69. The van der Waals surface area contributed by atoms with E-state index in [-0.39, 0.29) is 60.4 Å². The highest BCUT2D eigenvalue weighted by molar-refractivity contribution is 6.18. The van der Waals surface area contributed by atoms with Crippen molar-refractivity contribution in [3.8, 4) is 0 Å². The fourth-order valence-corrected chi connectivity index (χ4v) is 8.51. The van der Waals surface area contributed by atoms with Gasteiger partial charge in [0.15, 0.2) is 11.6 Å². The lowest BCUT2D eigenvalue weighted by Crippen LogP contribution is -2.64. The minimum Gasteiger partial charge on any atom is -0.478 e. The highest BCUT2D eigenvalue weighted by Gasteiger charge is 2.74. The molecule has 4 N–H and O–H groups in total. The quantitative estimate of drug-likeness (QED) is 0.367. The number of hydrogen-bond donors (Lipinski definition) is 4. The second-order valence-corrected chi connectivity index (χ2v) is 13.1. The Balaban J connectivity index is 1.85. The molecule has 0 saturated heterocycles. The molecule has 0 aromatic rings. The van der Waals surface area contributed by atoms with E-state index >= 15 is 0 Å². The number of carbonyl (C=O) groups is 5. The maximum Gasteiger partial charge on any atom is 0.330 e. The highest BCUT2D eigenvalue weighted by atomic mass is 16.4. The number of fused-ring (bicyclic) bond motifs is 4. The summed E-state index contributed by atoms with van der Waals surface area (Å²) in [6, 6.07) is 0. The van der Waals surface area contributed by atoms with Crippen LogP contribution in [0.2, 0.25) is 0 Å². The van der Waals surface area contributed by atoms with E-state index in [0.717, 1.165) is 0 Å². The summed E-state index contributed by atoms with van der Waals surface area (Å²) in [6.45, 7) is 9.33. The Kier molecular flexibility index (Phi) is 7.02. The van der Waals surface area contributed by atoms with Crippen molar-refractivity contribution in [1.29, 1.82) is 0 Å². The van der Waals surface area contributed by atoms with Crippen LogP contribution in [0.3, 0.4) is 0 Å². The summed E-state index contributed by atoms with van der Waals surface area (Å²) >= 11 is 0. The number of allylic oxidation sites excluding steroid dienone is 1. The van der Waals surface area contributed by atoms with Crippen molar-refractivity contribution < 1.29 is 44.4 Å². The molecule has 9 heteroatoms. The van der Waals surface area contributed by atoms with E-state index in [2.05, 4.69) is 0 Å². The SMILES string of the molecule is CC(=CCC(O)C(C)[C@H]1CC(=O)[C@@]2(C)C3=C(C(=O)[C@@H](O)[C@]12C)[C@@]1(C)CCC(=O)[C@](C)(CO)[C@@H]1CC3=O)C(=O)O. The molecule has 2 saturated carbocycles. The molecule has 0 amide bonds. The number of ketones is 4. The van der Waals surface area contributed by atoms with Crippen molar-refractivity contribution in [2.24, 2.45) is 39.4 Å². The van der Waals surface area contributed by atoms with Crippen molar-refractivity contribution >= 4 is 29.1 Å². The van der Waals surface area contributed by atoms with Gasteiger partial charge >= 0.3 is 5.97 Å². The third-order valence-electron chi connectivity index (χ3n) is 11.5. The number of aliphatic carboxylic acids is 1. The Labute approximate surface area is 228 Å². The molecule has 0 radical (unpaired) electrons. The molecule has 9 atom stereocenters. The van der Waals surface area contributed by atoms with E-state index in [1.54, 1.807) is 34.6 Å². The summed E-state index contributed by atoms with van der Waals surface area (Å²) < 4.78 is 0. The summed E-state index contributed by atoms with van der Waals surface area (Å²) in [6.07, 6.45) is -1.05. The number of carbonyl (C=O) groups excluding carboxylic acids is 4. The fraction of sp³-hybridized carbons (Fsp3) is 0.700. The van der Waals surface area contributed by atoms with Crippen LogP contribution < -0.4 is 0 Å². The lowest BCUT2D eigenvalue weighted by Gasteiger charge is -2.59. The van der Waals surface area contributed by atoms with E-state index in [0.29, 0.717) is 0 Å². The van der Waals surface area contributed by atoms with Gasteiger partial charge in [-0.25, -0.2) is 4.79 Å². The lowest BCUT2D eigenvalue weighted by atomic mass is 9.42. The summed E-state index contributed by atoms with van der Waals surface area (Å²) in [5, 5.41) is 42.0. The number of Topliss-reactive ketones (excluding diaryl/α,β-unsaturated/α-hetero) is 4. The summed E-state index contributed by atoms with van der Waals surface area (Å²) in [7, 11) is 0. The number of rotatable bonds is 6. The van der Waals surface area contributed by atoms with Gasteiger partial charge in [-0.15, -0.1) is 0 Å². The number of carboxylic acid groups (broad SMARTS) is 1. The molecular formula is C30H40O9. The third-order valence-corrected chi connectivity index (χ3v) is 11.5. The lowest BCUT2D eigenvalue weighted by molar-refractivity contribution is -0.161. The molecule has 2 fully saturated rings. The first-order valence-corrected chi connectivity index (χ1v) is 13.7. The van der Waals surface area contributed by atoms with Gasteiger partial charge in [-0.2, -0.15) is 0 Å². The van der Waals surface area contributed by atoms with E-state index in [1.165, 1.54) is 13.0 Å². The average Bonchev–Trinajstić information content (AvgIpc) is 3.10. The van der Waals surface area contributed by atoms with E-state index in [9.17, 15) is 39.3 Å². The minimum atomic E-state index is -1.63. The number of hydrogen-bond acceptors (Lipinski definition) is 8. The molecule has 0 aromatic carbocycles. The van der Waals surface area contributed by atoms with Gasteiger partial charge in [-0.05, 0) is 44.4 Å². The van der Waals surface area contributed by atoms with Crippen molar-refractivity contribution in [3.63, 3.8) is 0 Å². The van der Waals surface area contributed by atoms with Gasteiger partial charge in [0.2, 0.25) is 0 Å². The molecule has 4 aliphatic rings. The van der Waals surface area contributed by atoms with Crippen LogP contribution in [0.4, 0.5) is 0 Å². The zero-order valence-electron chi connectivity index (χ0n) is 23.5. The Bertz CT molecular complexity index is 1230. The summed E-state index contributed by atoms with van der Waals surface area (Å²) in [5.74, 6) is -4.54. The maximum atomic E-state index is 14.1. The van der Waals surface area contributed by atoms with Crippen molar-refractivity contribution in [1.82, 2.24) is 0 Å². The van der Waals surface area contributed by atoms with Crippen molar-refractivity contribution in [2.45, 2.75) is 85.9 Å². The summed E-state index contributed by atoms with van der Waals surface area (Å²) in [4.78, 5) is 66.0. The first kappa shape index (κ1) is 29.5. The van der Waals surface area contributed by atoms with Crippen LogP contribution in [-0.2, 0) is 24.0 Å². The maximum absolute atomic E-state index is 14.1. The van der Waals surface area contributed by atoms with Crippen LogP contribution in [0.25, 0.3) is 0 Å². The van der Waals surface area contributed by atoms with Crippen molar-refractivity contribution in [2.75, 3.05) is 6.61 Å². The Morgan fingerprint density at radius 2 is 1.67 bits per heavy atom. The van der Waals surface area contributed by atoms with Gasteiger partial charge in [-0.1, -0.05) is 33.8 Å². The largest absolute Gasteiger partial charge is 0.478 e. The second-order valence-electron chi connectivity index (χ2n) is 13.1. The molecule has 2 unspecified atom stereocenters. The van der Waals surface area contributed by atoms with E-state index in [1.807, 2.05) is 0 Å². The fourth-order valence-electron chi connectivity index (χ4n) is 8.51. The predicted octanol–water partition coefficient (Wildman–Crippen LogP) is 2.20. The molecule has 214 valence electrons. The van der Waals surface area contributed by atoms with Gasteiger partial charge in [0.05, 0.1) is 23.5 Å². The zero-order valence-corrected chi connectivity index (χ0v) is 23.5. The average molecular weight is 545 g/mol. The van der Waals surface area contributed by atoms with E-state index < -0.39 is 75.8 Å². The predicted molar refractivity (Wildman–Crippen MR) is 139 cm³/mol. The van der Waals surface area contributed by atoms with Gasteiger partial charge in [-0.3, -0.25) is 19.2 Å². The third kappa shape index (κ3) is 3.65. The molecule has 0 heterocycles. The normalized spacial score (nSPS) is 42.2. The standard InChI is InChI=1S/C30H40O9/c1-14(26(38)39)7-8-17(32)15(2)16-11-21(35)30(6)22-18(33)12-19-27(3,10-9-20(34)28(19,4)13-31)23(22)24(36)25(37)29(16,30)5/h7,15-17,19,25,31-32,37H,8-13H2,1-6H3,(H,38,39)/t15?,16-,17?,19-,25-,27+,28-,29+,30+/m1/s1. The molecule has 9 nitrogen and oxygen atoms in total. The molecule has 0 spiro atoms. The monoisotopic (exact) mass is 544 g/mol. The number of carboxylic acids is 1. The van der Waals surface area contributed by atoms with Crippen LogP contribution in [0, 0.1) is 39.4 Å². The molecule has 0 aromatic heterocycles. The molecule has 0 bridgehead atoms. The van der Waals surface area contributed by atoms with Crippen LogP contribution in [0.1, 0.15) is 73.6 Å². The Morgan fingerprint density at radius 1 is 1.05 bits per heavy atom. The Morgan fingerprint density at radius 3 is 2.23 bits per heavy atom. The number of aliphatic hydroxyl groups is 3. The van der Waals surface area contributed by atoms with Gasteiger partial charge < -0.3 is 20.4 Å². The zero-order chi connectivity index (χ0) is 29.5. The number of aliphatic hydroxyl groups excluding tert-OH is 3. The van der Waals surface area contributed by atoms with Crippen LogP contribution in [-0.4, -0.2) is 68.3 Å². The molecule has 0 aliphatic heterocycles. The topological polar surface area (TPSA) is 166 Å².